The first-order chi connectivity index (χ1) is 16.2. The van der Waals surface area contributed by atoms with Gasteiger partial charge in [0.1, 0.15) is 0 Å². The number of carbonyl (C=O) groups excluding carboxylic acids is 1. The highest BCUT2D eigenvalue weighted by molar-refractivity contribution is 6.07. The normalized spacial score (nSPS) is 13.6. The summed E-state index contributed by atoms with van der Waals surface area (Å²) in [5, 5.41) is 11.5. The first-order valence-corrected chi connectivity index (χ1v) is 11.6. The summed E-state index contributed by atoms with van der Waals surface area (Å²) in [6.45, 7) is 2.88. The Hall–Kier alpha value is -3.63. The molecule has 0 fully saturated rings. The molecule has 0 bridgehead atoms. The average molecular weight is 437 g/mol. The third-order valence-corrected chi connectivity index (χ3v) is 6.42. The number of fused-ring (bicyclic) bond motifs is 2. The lowest BCUT2D eigenvalue weighted by Gasteiger charge is -2.25. The van der Waals surface area contributed by atoms with Gasteiger partial charge in [0.05, 0.1) is 0 Å². The Bertz CT molecular complexity index is 1260. The molecule has 4 aromatic carbocycles. The minimum absolute atomic E-state index is 0.0619. The van der Waals surface area contributed by atoms with Crippen molar-refractivity contribution in [2.75, 3.05) is 31.1 Å². The predicted octanol–water partition coefficient (Wildman–Crippen LogP) is 5.35. The fourth-order valence-electron chi connectivity index (χ4n) is 4.73. The number of rotatable bonds is 5. The molecule has 4 aromatic rings. The van der Waals surface area contributed by atoms with Gasteiger partial charge in [0, 0.05) is 44.0 Å². The van der Waals surface area contributed by atoms with Crippen LogP contribution in [-0.4, -0.2) is 42.2 Å². The maximum Gasteiger partial charge on any atom is 0.254 e. The number of benzene rings is 4. The van der Waals surface area contributed by atoms with Crippen molar-refractivity contribution >= 4 is 22.4 Å². The number of anilines is 1. The van der Waals surface area contributed by atoms with E-state index in [1.165, 1.54) is 5.56 Å². The average Bonchev–Trinajstić information content (AvgIpc) is 3.06. The topological polar surface area (TPSA) is 43.8 Å². The molecule has 1 amide bonds. The molecule has 0 radical (unpaired) electrons. The molecule has 1 aliphatic rings. The molecule has 4 nitrogen and oxygen atoms in total. The van der Waals surface area contributed by atoms with E-state index in [1.54, 1.807) is 0 Å². The summed E-state index contributed by atoms with van der Waals surface area (Å²) in [5.74, 6) is 0.0619. The van der Waals surface area contributed by atoms with Crippen LogP contribution in [0.5, 0.6) is 0 Å². The Morgan fingerprint density at radius 1 is 0.818 bits per heavy atom. The number of aliphatic hydroxyl groups is 1. The summed E-state index contributed by atoms with van der Waals surface area (Å²) < 4.78 is 0. The molecule has 1 heterocycles. The minimum atomic E-state index is 0.0619. The molecule has 1 aliphatic heterocycles. The Balaban J connectivity index is 1.52. The van der Waals surface area contributed by atoms with Crippen molar-refractivity contribution in [1.82, 2.24) is 4.90 Å². The van der Waals surface area contributed by atoms with Gasteiger partial charge < -0.3 is 14.9 Å². The van der Waals surface area contributed by atoms with E-state index >= 15 is 0 Å². The summed E-state index contributed by atoms with van der Waals surface area (Å²) in [4.78, 5) is 18.0. The highest BCUT2D eigenvalue weighted by Crippen LogP contribution is 2.31. The second-order valence-corrected chi connectivity index (χ2v) is 8.53. The molecule has 0 aliphatic carbocycles. The van der Waals surface area contributed by atoms with Gasteiger partial charge >= 0.3 is 0 Å². The van der Waals surface area contributed by atoms with Gasteiger partial charge in [0.25, 0.3) is 5.91 Å². The van der Waals surface area contributed by atoms with Crippen LogP contribution in [0.15, 0.2) is 91.0 Å². The molecule has 0 aromatic heterocycles. The maximum absolute atomic E-state index is 13.7. The van der Waals surface area contributed by atoms with Gasteiger partial charge in [-0.15, -0.1) is 0 Å². The second-order valence-electron chi connectivity index (χ2n) is 8.53. The number of hydrogen-bond acceptors (Lipinski definition) is 3. The molecule has 166 valence electrons. The van der Waals surface area contributed by atoms with E-state index in [4.69, 9.17) is 0 Å². The molecule has 1 N–H and O–H groups in total. The summed E-state index contributed by atoms with van der Waals surface area (Å²) in [5.41, 5.74) is 5.35. The van der Waals surface area contributed by atoms with Gasteiger partial charge in [-0.2, -0.15) is 0 Å². The van der Waals surface area contributed by atoms with Crippen LogP contribution in [0.4, 0.5) is 5.69 Å². The number of nitrogens with zero attached hydrogens (tertiary/aromatic N) is 2. The highest BCUT2D eigenvalue weighted by atomic mass is 16.3. The Labute approximate surface area is 194 Å². The van der Waals surface area contributed by atoms with E-state index in [-0.39, 0.29) is 12.5 Å². The van der Waals surface area contributed by atoms with E-state index in [9.17, 15) is 9.90 Å². The van der Waals surface area contributed by atoms with E-state index < -0.39 is 0 Å². The molecule has 0 saturated carbocycles. The smallest absolute Gasteiger partial charge is 0.254 e. The summed E-state index contributed by atoms with van der Waals surface area (Å²) in [6, 6.07) is 30.9. The number of hydrogen-bond donors (Lipinski definition) is 1. The van der Waals surface area contributed by atoms with Crippen LogP contribution >= 0.6 is 0 Å². The molecule has 4 heteroatoms. The van der Waals surface area contributed by atoms with E-state index in [2.05, 4.69) is 35.2 Å². The quantitative estimate of drug-likeness (QED) is 0.459. The first-order valence-electron chi connectivity index (χ1n) is 11.6. The largest absolute Gasteiger partial charge is 0.396 e. The second kappa shape index (κ2) is 9.47. The van der Waals surface area contributed by atoms with Gasteiger partial charge in [-0.3, -0.25) is 4.79 Å². The zero-order valence-corrected chi connectivity index (χ0v) is 18.7. The molecule has 33 heavy (non-hydrogen) atoms. The van der Waals surface area contributed by atoms with Crippen LogP contribution in [0, 0.1) is 0 Å². The first kappa shape index (κ1) is 21.2. The lowest BCUT2D eigenvalue weighted by molar-refractivity contribution is 0.0753. The third-order valence-electron chi connectivity index (χ3n) is 6.42. The summed E-state index contributed by atoms with van der Waals surface area (Å²) >= 11 is 0. The molecule has 5 rings (SSSR count). The van der Waals surface area contributed by atoms with Crippen LogP contribution in [0.3, 0.4) is 0 Å². The Morgan fingerprint density at radius 3 is 2.45 bits per heavy atom. The van der Waals surface area contributed by atoms with Crippen molar-refractivity contribution in [2.45, 2.75) is 13.0 Å². The van der Waals surface area contributed by atoms with Gasteiger partial charge in [0.2, 0.25) is 0 Å². The lowest BCUT2D eigenvalue weighted by atomic mass is 10.0. The van der Waals surface area contributed by atoms with Gasteiger partial charge in [0.15, 0.2) is 0 Å². The van der Waals surface area contributed by atoms with E-state index in [0.29, 0.717) is 19.5 Å². The molecular formula is C29H28N2O2. The minimum Gasteiger partial charge on any atom is -0.396 e. The van der Waals surface area contributed by atoms with Crippen LogP contribution in [0.25, 0.3) is 21.9 Å². The fraction of sp³-hybridized carbons (Fsp3) is 0.207. The van der Waals surface area contributed by atoms with Crippen LogP contribution in [0.2, 0.25) is 0 Å². The Kier molecular flexibility index (Phi) is 6.09. The molecular weight excluding hydrogens is 408 g/mol. The van der Waals surface area contributed by atoms with Crippen molar-refractivity contribution in [1.29, 1.82) is 0 Å². The van der Waals surface area contributed by atoms with Crippen LogP contribution < -0.4 is 4.90 Å². The lowest BCUT2D eigenvalue weighted by Crippen LogP contribution is -2.36. The van der Waals surface area contributed by atoms with Crippen molar-refractivity contribution in [3.8, 4) is 11.1 Å². The van der Waals surface area contributed by atoms with Crippen LogP contribution in [0.1, 0.15) is 22.3 Å². The standard InChI is InChI=1S/C29H28N2O2/c32-19-7-16-30-17-18-31(29(33)27-13-6-11-23-10-4-5-12-26(23)27)21-25-20-24(14-15-28(25)30)22-8-2-1-3-9-22/h1-6,8-15,20,32H,7,16-19,21H2. The molecule has 0 atom stereocenters. The number of amides is 1. The van der Waals surface area contributed by atoms with Crippen molar-refractivity contribution in [3.05, 3.63) is 102 Å². The summed E-state index contributed by atoms with van der Waals surface area (Å²) in [6.07, 6.45) is 0.706. The molecule has 0 unspecified atom stereocenters. The van der Waals surface area contributed by atoms with E-state index in [1.807, 2.05) is 65.6 Å². The zero-order valence-electron chi connectivity index (χ0n) is 18.7. The molecule has 0 saturated heterocycles. The van der Waals surface area contributed by atoms with Crippen molar-refractivity contribution < 1.29 is 9.90 Å². The summed E-state index contributed by atoms with van der Waals surface area (Å²) in [7, 11) is 0. The Morgan fingerprint density at radius 2 is 1.61 bits per heavy atom. The van der Waals surface area contributed by atoms with Crippen molar-refractivity contribution in [3.63, 3.8) is 0 Å². The predicted molar refractivity (Wildman–Crippen MR) is 134 cm³/mol. The number of aliphatic hydroxyl groups excluding tert-OH is 1. The van der Waals surface area contributed by atoms with Gasteiger partial charge in [-0.05, 0) is 52.1 Å². The van der Waals surface area contributed by atoms with Gasteiger partial charge in [-0.1, -0.05) is 72.8 Å². The van der Waals surface area contributed by atoms with E-state index in [0.717, 1.165) is 46.2 Å². The maximum atomic E-state index is 13.7. The third kappa shape index (κ3) is 4.35. The highest BCUT2D eigenvalue weighted by Gasteiger charge is 2.25. The molecule has 0 spiro atoms. The fourth-order valence-corrected chi connectivity index (χ4v) is 4.73. The monoisotopic (exact) mass is 436 g/mol. The SMILES string of the molecule is O=C(c1cccc2ccccc12)N1CCN(CCCO)c2ccc(-c3ccccc3)cc2C1. The van der Waals surface area contributed by atoms with Gasteiger partial charge in [-0.25, -0.2) is 0 Å². The number of carbonyl (C=O) groups is 1. The van der Waals surface area contributed by atoms with Crippen LogP contribution in [-0.2, 0) is 6.54 Å². The zero-order chi connectivity index (χ0) is 22.6. The van der Waals surface area contributed by atoms with Crippen molar-refractivity contribution in [2.24, 2.45) is 0 Å².